The number of nitrogens with zero attached hydrogens (tertiary/aromatic N) is 1. The Morgan fingerprint density at radius 2 is 1.90 bits per heavy atom. The molecule has 1 saturated carbocycles. The van der Waals surface area contributed by atoms with Gasteiger partial charge in [0.15, 0.2) is 0 Å². The van der Waals surface area contributed by atoms with E-state index in [1.807, 2.05) is 43.3 Å². The quantitative estimate of drug-likeness (QED) is 0.887. The maximum absolute atomic E-state index is 12.9. The van der Waals surface area contributed by atoms with Crippen molar-refractivity contribution in [3.05, 3.63) is 35.9 Å². The van der Waals surface area contributed by atoms with Gasteiger partial charge >= 0.3 is 6.18 Å². The zero-order valence-electron chi connectivity index (χ0n) is 11.2. The standard InChI is InChI=1S/C15H17F3N2/c1-11(12-5-3-2-4-6-12)20-13(10-19)9-14(7-8-14)15(16,17)18/h2-6,11,13,20H,7-9H2,1H3/t11-,13?/m1/s1. The van der Waals surface area contributed by atoms with Crippen LogP contribution in [0.25, 0.3) is 0 Å². The lowest BCUT2D eigenvalue weighted by Gasteiger charge is -2.24. The number of alkyl halides is 3. The molecular formula is C15H17F3N2. The maximum atomic E-state index is 12.9. The summed E-state index contributed by atoms with van der Waals surface area (Å²) >= 11 is 0. The van der Waals surface area contributed by atoms with Crippen molar-refractivity contribution in [1.29, 1.82) is 5.26 Å². The minimum Gasteiger partial charge on any atom is -0.295 e. The number of hydrogen-bond acceptors (Lipinski definition) is 2. The van der Waals surface area contributed by atoms with E-state index in [0.717, 1.165) is 5.56 Å². The summed E-state index contributed by atoms with van der Waals surface area (Å²) in [6.45, 7) is 1.85. The van der Waals surface area contributed by atoms with Gasteiger partial charge < -0.3 is 0 Å². The van der Waals surface area contributed by atoms with Gasteiger partial charge in [-0.2, -0.15) is 18.4 Å². The minimum atomic E-state index is -4.21. The molecule has 0 heterocycles. The highest BCUT2D eigenvalue weighted by molar-refractivity contribution is 5.19. The van der Waals surface area contributed by atoms with E-state index in [4.69, 9.17) is 5.26 Å². The molecular weight excluding hydrogens is 265 g/mol. The first-order chi connectivity index (χ1) is 9.38. The summed E-state index contributed by atoms with van der Waals surface area (Å²) in [4.78, 5) is 0. The zero-order valence-corrected chi connectivity index (χ0v) is 11.2. The molecule has 20 heavy (non-hydrogen) atoms. The summed E-state index contributed by atoms with van der Waals surface area (Å²) in [6, 6.07) is 10.4. The lowest BCUT2D eigenvalue weighted by molar-refractivity contribution is -0.189. The van der Waals surface area contributed by atoms with E-state index in [0.29, 0.717) is 0 Å². The maximum Gasteiger partial charge on any atom is 0.394 e. The van der Waals surface area contributed by atoms with Crippen molar-refractivity contribution < 1.29 is 13.2 Å². The molecule has 1 aliphatic rings. The third-order valence-electron chi connectivity index (χ3n) is 3.96. The Morgan fingerprint density at radius 1 is 1.30 bits per heavy atom. The van der Waals surface area contributed by atoms with Gasteiger partial charge in [0.25, 0.3) is 0 Å². The fourth-order valence-electron chi connectivity index (χ4n) is 2.43. The lowest BCUT2D eigenvalue weighted by Crippen LogP contribution is -2.37. The number of rotatable bonds is 5. The Balaban J connectivity index is 1.99. The van der Waals surface area contributed by atoms with Crippen LogP contribution in [-0.4, -0.2) is 12.2 Å². The molecule has 1 aliphatic carbocycles. The SMILES string of the molecule is C[C@@H](NC(C#N)CC1(C(F)(F)F)CC1)c1ccccc1. The van der Waals surface area contributed by atoms with Gasteiger partial charge in [-0.1, -0.05) is 30.3 Å². The summed E-state index contributed by atoms with van der Waals surface area (Å²) in [6.07, 6.45) is -4.10. The molecule has 1 aromatic rings. The number of benzene rings is 1. The van der Waals surface area contributed by atoms with Crippen LogP contribution in [-0.2, 0) is 0 Å². The Hall–Kier alpha value is -1.54. The lowest BCUT2D eigenvalue weighted by atomic mass is 9.95. The molecule has 1 aromatic carbocycles. The molecule has 2 nitrogen and oxygen atoms in total. The van der Waals surface area contributed by atoms with Gasteiger partial charge in [-0.15, -0.1) is 0 Å². The molecule has 0 saturated heterocycles. The Morgan fingerprint density at radius 3 is 2.35 bits per heavy atom. The molecule has 0 aliphatic heterocycles. The molecule has 0 aromatic heterocycles. The monoisotopic (exact) mass is 282 g/mol. The molecule has 0 bridgehead atoms. The van der Waals surface area contributed by atoms with E-state index < -0.39 is 17.6 Å². The fourth-order valence-corrected chi connectivity index (χ4v) is 2.43. The van der Waals surface area contributed by atoms with E-state index in [9.17, 15) is 13.2 Å². The topological polar surface area (TPSA) is 35.8 Å². The second-order valence-electron chi connectivity index (χ2n) is 5.46. The Kier molecular flexibility index (Phi) is 4.05. The molecule has 1 N–H and O–H groups in total. The first-order valence-electron chi connectivity index (χ1n) is 6.65. The second-order valence-corrected chi connectivity index (χ2v) is 5.46. The van der Waals surface area contributed by atoms with Crippen LogP contribution in [0.4, 0.5) is 13.2 Å². The van der Waals surface area contributed by atoms with Crippen LogP contribution in [0.5, 0.6) is 0 Å². The molecule has 1 fully saturated rings. The van der Waals surface area contributed by atoms with Crippen LogP contribution < -0.4 is 5.32 Å². The van der Waals surface area contributed by atoms with Gasteiger partial charge in [0.2, 0.25) is 0 Å². The van der Waals surface area contributed by atoms with Crippen LogP contribution >= 0.6 is 0 Å². The van der Waals surface area contributed by atoms with Crippen LogP contribution in [0.1, 0.15) is 37.8 Å². The number of hydrogen-bond donors (Lipinski definition) is 1. The normalized spacial score (nSPS) is 19.9. The predicted molar refractivity (Wildman–Crippen MR) is 69.7 cm³/mol. The molecule has 1 unspecified atom stereocenters. The summed E-state index contributed by atoms with van der Waals surface area (Å²) in [5, 5.41) is 12.1. The third-order valence-corrected chi connectivity index (χ3v) is 3.96. The molecule has 2 atom stereocenters. The van der Waals surface area contributed by atoms with E-state index in [-0.39, 0.29) is 25.3 Å². The van der Waals surface area contributed by atoms with Gasteiger partial charge in [-0.3, -0.25) is 5.32 Å². The fraction of sp³-hybridized carbons (Fsp3) is 0.533. The summed E-state index contributed by atoms with van der Waals surface area (Å²) in [5.74, 6) is 0. The van der Waals surface area contributed by atoms with Crippen molar-refractivity contribution >= 4 is 0 Å². The van der Waals surface area contributed by atoms with E-state index in [1.54, 1.807) is 0 Å². The highest BCUT2D eigenvalue weighted by atomic mass is 19.4. The number of nitriles is 1. The summed E-state index contributed by atoms with van der Waals surface area (Å²) in [5.41, 5.74) is -0.679. The van der Waals surface area contributed by atoms with Gasteiger partial charge in [-0.25, -0.2) is 0 Å². The van der Waals surface area contributed by atoms with Crippen LogP contribution in [0.3, 0.4) is 0 Å². The number of nitrogens with one attached hydrogen (secondary N) is 1. The van der Waals surface area contributed by atoms with Crippen LogP contribution in [0.15, 0.2) is 30.3 Å². The molecule has 0 amide bonds. The average Bonchev–Trinajstić information content (AvgIpc) is 3.19. The zero-order chi connectivity index (χ0) is 14.8. The van der Waals surface area contributed by atoms with E-state index in [2.05, 4.69) is 5.32 Å². The van der Waals surface area contributed by atoms with Crippen molar-refractivity contribution in [1.82, 2.24) is 5.32 Å². The van der Waals surface area contributed by atoms with Crippen molar-refractivity contribution in [2.75, 3.05) is 0 Å². The summed E-state index contributed by atoms with van der Waals surface area (Å²) in [7, 11) is 0. The van der Waals surface area contributed by atoms with Gasteiger partial charge in [0.1, 0.15) is 0 Å². The highest BCUT2D eigenvalue weighted by Gasteiger charge is 2.63. The van der Waals surface area contributed by atoms with Crippen molar-refractivity contribution in [2.24, 2.45) is 5.41 Å². The molecule has 108 valence electrons. The first kappa shape index (κ1) is 14.9. The van der Waals surface area contributed by atoms with Crippen molar-refractivity contribution in [3.8, 4) is 6.07 Å². The van der Waals surface area contributed by atoms with Crippen LogP contribution in [0, 0.1) is 16.7 Å². The highest BCUT2D eigenvalue weighted by Crippen LogP contribution is 2.60. The first-order valence-corrected chi connectivity index (χ1v) is 6.65. The molecule has 0 spiro atoms. The van der Waals surface area contributed by atoms with Crippen LogP contribution in [0.2, 0.25) is 0 Å². The minimum absolute atomic E-state index is 0.135. The second kappa shape index (κ2) is 5.45. The average molecular weight is 282 g/mol. The Labute approximate surface area is 116 Å². The van der Waals surface area contributed by atoms with Gasteiger partial charge in [0, 0.05) is 6.04 Å². The van der Waals surface area contributed by atoms with Gasteiger partial charge in [0.05, 0.1) is 17.5 Å². The molecule has 0 radical (unpaired) electrons. The van der Waals surface area contributed by atoms with E-state index >= 15 is 0 Å². The van der Waals surface area contributed by atoms with E-state index in [1.165, 1.54) is 0 Å². The predicted octanol–water partition coefficient (Wildman–Crippen LogP) is 3.96. The Bertz CT molecular complexity index is 486. The smallest absolute Gasteiger partial charge is 0.295 e. The summed E-state index contributed by atoms with van der Waals surface area (Å²) < 4.78 is 38.7. The van der Waals surface area contributed by atoms with Gasteiger partial charge in [-0.05, 0) is 31.7 Å². The van der Waals surface area contributed by atoms with Crippen molar-refractivity contribution in [3.63, 3.8) is 0 Å². The largest absolute Gasteiger partial charge is 0.394 e. The molecule has 2 rings (SSSR count). The number of halogens is 3. The van der Waals surface area contributed by atoms with Crippen molar-refractivity contribution in [2.45, 2.75) is 44.4 Å². The molecule has 5 heteroatoms. The third kappa shape index (κ3) is 3.13.